The van der Waals surface area contributed by atoms with Crippen molar-refractivity contribution < 1.29 is 20.4 Å². The largest absolute Gasteiger partial charge is 0.396 e. The average Bonchev–Trinajstić information content (AvgIpc) is 2.19. The van der Waals surface area contributed by atoms with Crippen molar-refractivity contribution in [2.75, 3.05) is 19.8 Å². The van der Waals surface area contributed by atoms with E-state index in [1.165, 1.54) is 0 Å². The van der Waals surface area contributed by atoms with Crippen molar-refractivity contribution in [3.8, 4) is 0 Å². The van der Waals surface area contributed by atoms with Crippen molar-refractivity contribution in [1.29, 1.82) is 0 Å². The van der Waals surface area contributed by atoms with Gasteiger partial charge in [-0.25, -0.2) is 0 Å². The Morgan fingerprint density at radius 2 is 1.07 bits per heavy atom. The second kappa shape index (κ2) is 5.25. The van der Waals surface area contributed by atoms with Gasteiger partial charge in [0.25, 0.3) is 0 Å². The fourth-order valence-corrected chi connectivity index (χ4v) is 2.93. The van der Waals surface area contributed by atoms with Crippen molar-refractivity contribution in [3.63, 3.8) is 0 Å². The van der Waals surface area contributed by atoms with Gasteiger partial charge >= 0.3 is 0 Å². The van der Waals surface area contributed by atoms with E-state index >= 15 is 0 Å². The van der Waals surface area contributed by atoms with Gasteiger partial charge in [-0.2, -0.15) is 0 Å². The predicted octanol–water partition coefficient (Wildman–Crippen LogP) is -0.541. The minimum absolute atomic E-state index is 0.0437. The van der Waals surface area contributed by atoms with Gasteiger partial charge in [0.15, 0.2) is 0 Å². The van der Waals surface area contributed by atoms with Crippen LogP contribution in [0.1, 0.15) is 13.8 Å². The lowest BCUT2D eigenvalue weighted by Gasteiger charge is -2.46. The third-order valence-corrected chi connectivity index (χ3v) is 4.21. The summed E-state index contributed by atoms with van der Waals surface area (Å²) in [5, 5.41) is 37.7. The lowest BCUT2D eigenvalue weighted by Crippen LogP contribution is -2.51. The van der Waals surface area contributed by atoms with E-state index < -0.39 is 6.10 Å². The van der Waals surface area contributed by atoms with Crippen LogP contribution in [-0.2, 0) is 0 Å². The van der Waals surface area contributed by atoms with E-state index in [0.29, 0.717) is 0 Å². The van der Waals surface area contributed by atoms with Gasteiger partial charge in [-0.3, -0.25) is 0 Å². The molecule has 0 aromatic carbocycles. The van der Waals surface area contributed by atoms with Crippen LogP contribution in [0.5, 0.6) is 0 Å². The van der Waals surface area contributed by atoms with Crippen molar-refractivity contribution in [1.82, 2.24) is 0 Å². The number of hydrogen-bond acceptors (Lipinski definition) is 4. The Hall–Kier alpha value is -0.160. The van der Waals surface area contributed by atoms with E-state index in [-0.39, 0.29) is 49.4 Å². The van der Waals surface area contributed by atoms with Crippen LogP contribution in [0.2, 0.25) is 0 Å². The lowest BCUT2D eigenvalue weighted by molar-refractivity contribution is -0.111. The number of hydrogen-bond donors (Lipinski definition) is 4. The highest BCUT2D eigenvalue weighted by atomic mass is 16.3. The Morgan fingerprint density at radius 1 is 0.733 bits per heavy atom. The number of aliphatic hydroxyl groups excluding tert-OH is 4. The zero-order valence-corrected chi connectivity index (χ0v) is 9.37. The molecule has 1 rings (SSSR count). The molecule has 1 saturated carbocycles. The molecule has 0 aromatic rings. The Kier molecular flexibility index (Phi) is 4.52. The highest BCUT2D eigenvalue weighted by molar-refractivity contribution is 4.93. The molecule has 1 aliphatic rings. The van der Waals surface area contributed by atoms with Gasteiger partial charge in [0, 0.05) is 31.7 Å². The topological polar surface area (TPSA) is 80.9 Å². The molecule has 0 aromatic heterocycles. The molecule has 0 heterocycles. The molecule has 4 heteroatoms. The summed E-state index contributed by atoms with van der Waals surface area (Å²) in [5.74, 6) is -0.283. The zero-order chi connectivity index (χ0) is 11.6. The first-order valence-corrected chi connectivity index (χ1v) is 5.59. The molecule has 4 N–H and O–H groups in total. The first-order chi connectivity index (χ1) is 7.08. The maximum absolute atomic E-state index is 9.98. The maximum Gasteiger partial charge on any atom is 0.0645 e. The monoisotopic (exact) mass is 218 g/mol. The first kappa shape index (κ1) is 12.9. The number of rotatable bonds is 3. The quantitative estimate of drug-likeness (QED) is 0.513. The van der Waals surface area contributed by atoms with E-state index in [1.807, 2.05) is 13.8 Å². The Morgan fingerprint density at radius 3 is 1.33 bits per heavy atom. The second-order valence-electron chi connectivity index (χ2n) is 4.75. The maximum atomic E-state index is 9.98. The molecule has 0 radical (unpaired) electrons. The molecular weight excluding hydrogens is 196 g/mol. The Labute approximate surface area is 90.6 Å². The van der Waals surface area contributed by atoms with Crippen molar-refractivity contribution in [2.45, 2.75) is 20.0 Å². The van der Waals surface area contributed by atoms with Gasteiger partial charge in [-0.1, -0.05) is 13.8 Å². The molecule has 0 saturated heterocycles. The van der Waals surface area contributed by atoms with Crippen LogP contribution in [0.15, 0.2) is 0 Å². The van der Waals surface area contributed by atoms with Crippen LogP contribution in [0.4, 0.5) is 0 Å². The normalized spacial score (nSPS) is 46.8. The SMILES string of the molecule is CC1C(CO)C(C)C(CO)C(O)C1CO. The minimum atomic E-state index is -0.673. The van der Waals surface area contributed by atoms with Crippen molar-refractivity contribution in [2.24, 2.45) is 29.6 Å². The number of aliphatic hydroxyl groups is 4. The predicted molar refractivity (Wildman–Crippen MR) is 56.1 cm³/mol. The van der Waals surface area contributed by atoms with Crippen molar-refractivity contribution >= 4 is 0 Å². The van der Waals surface area contributed by atoms with E-state index in [1.54, 1.807) is 0 Å². The molecule has 4 unspecified atom stereocenters. The van der Waals surface area contributed by atoms with Crippen LogP contribution < -0.4 is 0 Å². The zero-order valence-electron chi connectivity index (χ0n) is 9.37. The van der Waals surface area contributed by atoms with Crippen LogP contribution in [0, 0.1) is 29.6 Å². The standard InChI is InChI=1S/C11H22O4/c1-6-8(3-12)7(2)10(5-14)11(15)9(6)4-13/h6-15H,3-5H2,1-2H3. The van der Waals surface area contributed by atoms with Crippen LogP contribution in [0.3, 0.4) is 0 Å². The molecule has 0 aliphatic heterocycles. The first-order valence-electron chi connectivity index (χ1n) is 5.59. The van der Waals surface area contributed by atoms with E-state index in [2.05, 4.69) is 0 Å². The molecule has 0 bridgehead atoms. The summed E-state index contributed by atoms with van der Waals surface area (Å²) in [6.07, 6.45) is -0.673. The average molecular weight is 218 g/mol. The molecule has 4 atom stereocenters. The molecule has 90 valence electrons. The lowest BCUT2D eigenvalue weighted by atomic mass is 9.62. The fourth-order valence-electron chi connectivity index (χ4n) is 2.93. The molecule has 15 heavy (non-hydrogen) atoms. The van der Waals surface area contributed by atoms with Gasteiger partial charge in [-0.15, -0.1) is 0 Å². The summed E-state index contributed by atoms with van der Waals surface area (Å²) >= 11 is 0. The second-order valence-corrected chi connectivity index (χ2v) is 4.75. The third kappa shape index (κ3) is 2.18. The fraction of sp³-hybridized carbons (Fsp3) is 1.00. The van der Waals surface area contributed by atoms with E-state index in [9.17, 15) is 20.4 Å². The van der Waals surface area contributed by atoms with Gasteiger partial charge in [0.2, 0.25) is 0 Å². The van der Waals surface area contributed by atoms with Gasteiger partial charge < -0.3 is 20.4 Å². The molecule has 0 amide bonds. The summed E-state index contributed by atoms with van der Waals surface area (Å²) in [5.41, 5.74) is 0. The molecule has 0 spiro atoms. The summed E-state index contributed by atoms with van der Waals surface area (Å²) < 4.78 is 0. The highest BCUT2D eigenvalue weighted by Crippen LogP contribution is 2.41. The summed E-state index contributed by atoms with van der Waals surface area (Å²) in [6, 6.07) is 0. The van der Waals surface area contributed by atoms with Gasteiger partial charge in [0.1, 0.15) is 0 Å². The van der Waals surface area contributed by atoms with Gasteiger partial charge in [0.05, 0.1) is 6.10 Å². The summed E-state index contributed by atoms with van der Waals surface area (Å²) in [6.45, 7) is 3.73. The van der Waals surface area contributed by atoms with Gasteiger partial charge in [-0.05, 0) is 17.8 Å². The molecule has 1 aliphatic carbocycles. The molecule has 4 nitrogen and oxygen atoms in total. The highest BCUT2D eigenvalue weighted by Gasteiger charge is 2.45. The van der Waals surface area contributed by atoms with E-state index in [0.717, 1.165) is 0 Å². The Bertz CT molecular complexity index is 152. The van der Waals surface area contributed by atoms with Crippen LogP contribution in [-0.4, -0.2) is 46.4 Å². The van der Waals surface area contributed by atoms with Crippen LogP contribution in [0.25, 0.3) is 0 Å². The summed E-state index contributed by atoms with van der Waals surface area (Å²) in [7, 11) is 0. The minimum Gasteiger partial charge on any atom is -0.396 e. The van der Waals surface area contributed by atoms with Crippen molar-refractivity contribution in [3.05, 3.63) is 0 Å². The smallest absolute Gasteiger partial charge is 0.0645 e. The third-order valence-electron chi connectivity index (χ3n) is 4.21. The van der Waals surface area contributed by atoms with E-state index in [4.69, 9.17) is 0 Å². The summed E-state index contributed by atoms with van der Waals surface area (Å²) in [4.78, 5) is 0. The molecule has 1 fully saturated rings. The molecular formula is C11H22O4. The van der Waals surface area contributed by atoms with Crippen LogP contribution >= 0.6 is 0 Å². The Balaban J connectivity index is 2.87.